The number of nitro groups is 1. The average Bonchev–Trinajstić information content (AvgIpc) is 2.26. The van der Waals surface area contributed by atoms with Gasteiger partial charge >= 0.3 is 5.69 Å². The molecule has 0 fully saturated rings. The van der Waals surface area contributed by atoms with Crippen molar-refractivity contribution in [1.82, 2.24) is 5.32 Å². The standard InChI is InChI=1S/C11H15FN2O3S/c1-8(7-18(2)17)13-6-9-4-3-5-10(11(9)12)14(15)16/h3-5,8,13H,6-7H2,1-2H3. The highest BCUT2D eigenvalue weighted by atomic mass is 32.2. The van der Waals surface area contributed by atoms with Crippen LogP contribution in [-0.2, 0) is 17.3 Å². The molecule has 0 saturated carbocycles. The van der Waals surface area contributed by atoms with Crippen molar-refractivity contribution in [1.29, 1.82) is 0 Å². The molecule has 0 bridgehead atoms. The fourth-order valence-electron chi connectivity index (χ4n) is 1.54. The first-order valence-electron chi connectivity index (χ1n) is 5.37. The van der Waals surface area contributed by atoms with Gasteiger partial charge in [0, 0.05) is 47.0 Å². The van der Waals surface area contributed by atoms with Gasteiger partial charge in [0.25, 0.3) is 0 Å². The fourth-order valence-corrected chi connectivity index (χ4v) is 2.36. The highest BCUT2D eigenvalue weighted by molar-refractivity contribution is 7.84. The Kier molecular flexibility index (Phi) is 5.36. The Balaban J connectivity index is 2.71. The zero-order chi connectivity index (χ0) is 13.7. The lowest BCUT2D eigenvalue weighted by Crippen LogP contribution is -2.30. The largest absolute Gasteiger partial charge is 0.309 e. The van der Waals surface area contributed by atoms with Crippen molar-refractivity contribution in [2.45, 2.75) is 19.5 Å². The predicted molar refractivity (Wildman–Crippen MR) is 68.3 cm³/mol. The van der Waals surface area contributed by atoms with Crippen molar-refractivity contribution >= 4 is 16.5 Å². The summed E-state index contributed by atoms with van der Waals surface area (Å²) in [7, 11) is -0.935. The van der Waals surface area contributed by atoms with Crippen LogP contribution in [-0.4, -0.2) is 27.2 Å². The molecule has 0 saturated heterocycles. The molecule has 1 aromatic rings. The van der Waals surface area contributed by atoms with Crippen molar-refractivity contribution in [2.24, 2.45) is 0 Å². The van der Waals surface area contributed by atoms with Crippen LogP contribution in [0.1, 0.15) is 12.5 Å². The van der Waals surface area contributed by atoms with Crippen molar-refractivity contribution in [3.63, 3.8) is 0 Å². The van der Waals surface area contributed by atoms with E-state index in [2.05, 4.69) is 5.32 Å². The molecule has 100 valence electrons. The van der Waals surface area contributed by atoms with Crippen LogP contribution < -0.4 is 5.32 Å². The molecule has 7 heteroatoms. The third-order valence-corrected chi connectivity index (χ3v) is 3.35. The summed E-state index contributed by atoms with van der Waals surface area (Å²) in [5, 5.41) is 13.5. The van der Waals surface area contributed by atoms with Crippen LogP contribution in [0.25, 0.3) is 0 Å². The summed E-state index contributed by atoms with van der Waals surface area (Å²) in [6.07, 6.45) is 1.59. The van der Waals surface area contributed by atoms with E-state index in [4.69, 9.17) is 0 Å². The van der Waals surface area contributed by atoms with Crippen molar-refractivity contribution < 1.29 is 13.5 Å². The molecule has 18 heavy (non-hydrogen) atoms. The van der Waals surface area contributed by atoms with Gasteiger partial charge in [-0.25, -0.2) is 0 Å². The van der Waals surface area contributed by atoms with Crippen LogP contribution in [0.3, 0.4) is 0 Å². The molecule has 0 amide bonds. The number of hydrogen-bond acceptors (Lipinski definition) is 4. The van der Waals surface area contributed by atoms with Crippen LogP contribution in [0.2, 0.25) is 0 Å². The normalized spacial score (nSPS) is 14.2. The van der Waals surface area contributed by atoms with Gasteiger partial charge in [0.2, 0.25) is 5.82 Å². The molecular formula is C11H15FN2O3S. The van der Waals surface area contributed by atoms with Gasteiger partial charge in [-0.05, 0) is 6.92 Å². The molecule has 0 heterocycles. The molecule has 2 unspecified atom stereocenters. The SMILES string of the molecule is CC(CS(C)=O)NCc1cccc([N+](=O)[O-])c1F. The molecular weight excluding hydrogens is 259 g/mol. The van der Waals surface area contributed by atoms with Gasteiger partial charge < -0.3 is 5.32 Å². The third kappa shape index (κ3) is 4.15. The van der Waals surface area contributed by atoms with E-state index < -0.39 is 27.2 Å². The minimum Gasteiger partial charge on any atom is -0.309 e. The predicted octanol–water partition coefficient (Wildman–Crippen LogP) is 1.59. The van der Waals surface area contributed by atoms with Crippen molar-refractivity contribution in [3.05, 3.63) is 39.7 Å². The van der Waals surface area contributed by atoms with E-state index >= 15 is 0 Å². The van der Waals surface area contributed by atoms with E-state index in [9.17, 15) is 18.7 Å². The molecule has 0 aliphatic heterocycles. The van der Waals surface area contributed by atoms with Crippen LogP contribution in [0, 0.1) is 15.9 Å². The smallest absolute Gasteiger partial charge is 0.305 e. The van der Waals surface area contributed by atoms with Gasteiger partial charge in [0.15, 0.2) is 0 Å². The average molecular weight is 274 g/mol. The van der Waals surface area contributed by atoms with E-state index in [1.54, 1.807) is 6.26 Å². The molecule has 0 aliphatic carbocycles. The number of benzene rings is 1. The zero-order valence-corrected chi connectivity index (χ0v) is 11.0. The maximum absolute atomic E-state index is 13.7. The maximum Gasteiger partial charge on any atom is 0.305 e. The highest BCUT2D eigenvalue weighted by Crippen LogP contribution is 2.19. The summed E-state index contributed by atoms with van der Waals surface area (Å²) in [6.45, 7) is 2.00. The van der Waals surface area contributed by atoms with Crippen molar-refractivity contribution in [3.8, 4) is 0 Å². The van der Waals surface area contributed by atoms with Crippen LogP contribution in [0.5, 0.6) is 0 Å². The molecule has 1 aromatic carbocycles. The number of nitro benzene ring substituents is 1. The second-order valence-corrected chi connectivity index (χ2v) is 5.51. The van der Waals surface area contributed by atoms with Crippen LogP contribution in [0.4, 0.5) is 10.1 Å². The second kappa shape index (κ2) is 6.55. The van der Waals surface area contributed by atoms with Gasteiger partial charge in [0.05, 0.1) is 4.92 Å². The Morgan fingerprint density at radius 1 is 1.56 bits per heavy atom. The Bertz CT molecular complexity index is 468. The Labute approximate surface area is 107 Å². The lowest BCUT2D eigenvalue weighted by atomic mass is 10.2. The van der Waals surface area contributed by atoms with E-state index in [0.29, 0.717) is 5.75 Å². The molecule has 2 atom stereocenters. The third-order valence-electron chi connectivity index (χ3n) is 2.38. The Morgan fingerprint density at radius 3 is 2.78 bits per heavy atom. The number of halogens is 1. The van der Waals surface area contributed by atoms with Gasteiger partial charge in [-0.15, -0.1) is 0 Å². The molecule has 5 nitrogen and oxygen atoms in total. The van der Waals surface area contributed by atoms with E-state index in [1.807, 2.05) is 6.92 Å². The molecule has 1 rings (SSSR count). The first-order valence-corrected chi connectivity index (χ1v) is 7.09. The summed E-state index contributed by atoms with van der Waals surface area (Å²) < 4.78 is 24.7. The Morgan fingerprint density at radius 2 is 2.22 bits per heavy atom. The number of nitrogens with zero attached hydrogens (tertiary/aromatic N) is 1. The number of rotatable bonds is 6. The lowest BCUT2D eigenvalue weighted by Gasteiger charge is -2.12. The van der Waals surface area contributed by atoms with Gasteiger partial charge in [-0.3, -0.25) is 14.3 Å². The summed E-state index contributed by atoms with van der Waals surface area (Å²) in [6, 6.07) is 4.02. The zero-order valence-electron chi connectivity index (χ0n) is 10.2. The van der Waals surface area contributed by atoms with Crippen molar-refractivity contribution in [2.75, 3.05) is 12.0 Å². The van der Waals surface area contributed by atoms with Gasteiger partial charge in [-0.1, -0.05) is 12.1 Å². The summed E-state index contributed by atoms with van der Waals surface area (Å²) in [5.41, 5.74) is -0.293. The van der Waals surface area contributed by atoms with E-state index in [0.717, 1.165) is 6.07 Å². The summed E-state index contributed by atoms with van der Waals surface area (Å²) in [4.78, 5) is 9.82. The molecule has 0 radical (unpaired) electrons. The first-order chi connectivity index (χ1) is 8.41. The van der Waals surface area contributed by atoms with Crippen LogP contribution >= 0.6 is 0 Å². The molecule has 0 aromatic heterocycles. The summed E-state index contributed by atoms with van der Waals surface area (Å²) >= 11 is 0. The molecule has 0 aliphatic rings. The van der Waals surface area contributed by atoms with E-state index in [1.165, 1.54) is 12.1 Å². The second-order valence-electron chi connectivity index (χ2n) is 4.03. The topological polar surface area (TPSA) is 72.2 Å². The van der Waals surface area contributed by atoms with Gasteiger partial charge in [0.1, 0.15) is 0 Å². The lowest BCUT2D eigenvalue weighted by molar-refractivity contribution is -0.387. The minimum absolute atomic E-state index is 0.0468. The first kappa shape index (κ1) is 14.7. The molecule has 0 spiro atoms. The quantitative estimate of drug-likeness (QED) is 0.631. The van der Waals surface area contributed by atoms with Crippen LogP contribution in [0.15, 0.2) is 18.2 Å². The molecule has 1 N–H and O–H groups in total. The summed E-state index contributed by atoms with van der Waals surface area (Å²) in [5.74, 6) is -0.365. The fraction of sp³-hybridized carbons (Fsp3) is 0.455. The Hall–Kier alpha value is -1.34. The van der Waals surface area contributed by atoms with Gasteiger partial charge in [-0.2, -0.15) is 4.39 Å². The highest BCUT2D eigenvalue weighted by Gasteiger charge is 2.17. The number of nitrogens with one attached hydrogen (secondary N) is 1. The monoisotopic (exact) mass is 274 g/mol. The number of hydrogen-bond donors (Lipinski definition) is 1. The maximum atomic E-state index is 13.7. The minimum atomic E-state index is -0.935. The van der Waals surface area contributed by atoms with E-state index in [-0.39, 0.29) is 18.2 Å².